The summed E-state index contributed by atoms with van der Waals surface area (Å²) in [6.45, 7) is -3.53. The van der Waals surface area contributed by atoms with E-state index in [1.807, 2.05) is 0 Å². The molecule has 0 radical (unpaired) electrons. The zero-order valence-corrected chi connectivity index (χ0v) is 15.5. The molecule has 0 spiro atoms. The molecule has 158 valence electrons. The summed E-state index contributed by atoms with van der Waals surface area (Å²) in [5.74, 6) is -2.34. The number of rotatable bonds is 4. The van der Waals surface area contributed by atoms with Crippen molar-refractivity contribution in [2.45, 2.75) is 6.54 Å². The summed E-state index contributed by atoms with van der Waals surface area (Å²) in [5.41, 5.74) is 11.0. The highest BCUT2D eigenvalue weighted by Crippen LogP contribution is 2.32. The van der Waals surface area contributed by atoms with Gasteiger partial charge in [-0.25, -0.2) is 28.8 Å². The van der Waals surface area contributed by atoms with Gasteiger partial charge < -0.3 is 16.2 Å². The van der Waals surface area contributed by atoms with Crippen LogP contribution >= 0.6 is 0 Å². The Morgan fingerprint density at radius 1 is 1.32 bits per heavy atom. The fourth-order valence-electron chi connectivity index (χ4n) is 2.87. The molecular formula is C20H19FN8O2. The van der Waals surface area contributed by atoms with E-state index in [0.717, 1.165) is 4.68 Å². The van der Waals surface area contributed by atoms with E-state index in [9.17, 15) is 9.18 Å². The minimum Gasteiger partial charge on any atom is -0.452 e. The minimum atomic E-state index is -3.33. The summed E-state index contributed by atoms with van der Waals surface area (Å²) in [5, 5.41) is 4.19. The molecule has 3 heterocycles. The zero-order chi connectivity index (χ0) is 29.7. The van der Waals surface area contributed by atoms with Gasteiger partial charge in [0.1, 0.15) is 17.2 Å². The van der Waals surface area contributed by atoms with Gasteiger partial charge in [-0.3, -0.25) is 4.90 Å². The number of carbonyl (C=O) groups is 1. The van der Waals surface area contributed by atoms with Crippen molar-refractivity contribution in [3.63, 3.8) is 0 Å². The molecule has 4 rings (SSSR count). The Morgan fingerprint density at radius 3 is 2.81 bits per heavy atom. The van der Waals surface area contributed by atoms with Gasteiger partial charge in [-0.15, -0.1) is 0 Å². The third-order valence-corrected chi connectivity index (χ3v) is 4.25. The minimum absolute atomic E-state index is 0.0838. The maximum Gasteiger partial charge on any atom is 0.413 e. The van der Waals surface area contributed by atoms with Crippen molar-refractivity contribution < 1.29 is 26.3 Å². The lowest BCUT2D eigenvalue weighted by Crippen LogP contribution is -2.28. The van der Waals surface area contributed by atoms with Gasteiger partial charge in [0.05, 0.1) is 27.2 Å². The topological polar surface area (TPSA) is 138 Å². The van der Waals surface area contributed by atoms with Crippen molar-refractivity contribution >= 4 is 34.4 Å². The molecule has 0 saturated carbocycles. The molecule has 0 saturated heterocycles. The normalized spacial score (nSPS) is 16.0. The van der Waals surface area contributed by atoms with Gasteiger partial charge in [-0.05, 0) is 18.2 Å². The van der Waals surface area contributed by atoms with Gasteiger partial charge in [0.25, 0.3) is 0 Å². The van der Waals surface area contributed by atoms with Gasteiger partial charge in [0, 0.05) is 22.8 Å². The van der Waals surface area contributed by atoms with Gasteiger partial charge in [0.15, 0.2) is 23.1 Å². The van der Waals surface area contributed by atoms with Crippen LogP contribution in [0.2, 0.25) is 0 Å². The lowest BCUT2D eigenvalue weighted by atomic mass is 10.2. The Balaban J connectivity index is 1.91. The first-order valence-electron chi connectivity index (χ1n) is 13.0. The molecule has 31 heavy (non-hydrogen) atoms. The third kappa shape index (κ3) is 3.56. The Labute approximate surface area is 188 Å². The number of benzene rings is 1. The van der Waals surface area contributed by atoms with Crippen molar-refractivity contribution in [3.05, 3.63) is 53.9 Å². The van der Waals surface area contributed by atoms with Crippen molar-refractivity contribution in [1.82, 2.24) is 24.7 Å². The van der Waals surface area contributed by atoms with Crippen LogP contribution in [-0.4, -0.2) is 44.8 Å². The lowest BCUT2D eigenvalue weighted by Gasteiger charge is -2.18. The van der Waals surface area contributed by atoms with E-state index in [2.05, 4.69) is 24.8 Å². The van der Waals surface area contributed by atoms with E-state index in [0.29, 0.717) is 0 Å². The van der Waals surface area contributed by atoms with Gasteiger partial charge in [-0.1, -0.05) is 18.2 Å². The first-order chi connectivity index (χ1) is 18.5. The lowest BCUT2D eigenvalue weighted by molar-refractivity contribution is 0.180. The molecule has 1 aromatic carbocycles. The quantitative estimate of drug-likeness (QED) is 0.502. The predicted octanol–water partition coefficient (Wildman–Crippen LogP) is 2.44. The first-order valence-corrected chi connectivity index (χ1v) is 8.54. The second kappa shape index (κ2) is 7.86. The number of ether oxygens (including phenoxy) is 1. The zero-order valence-electron chi connectivity index (χ0n) is 24.5. The maximum atomic E-state index is 14.4. The van der Waals surface area contributed by atoms with Gasteiger partial charge in [0.2, 0.25) is 0 Å². The molecule has 3 aromatic heterocycles. The summed E-state index contributed by atoms with van der Waals surface area (Å²) >= 11 is 0. The smallest absolute Gasteiger partial charge is 0.413 e. The van der Waals surface area contributed by atoms with Crippen LogP contribution < -0.4 is 16.4 Å². The van der Waals surface area contributed by atoms with E-state index in [1.165, 1.54) is 18.2 Å². The summed E-state index contributed by atoms with van der Waals surface area (Å²) in [6, 6.07) is 4.73. The van der Waals surface area contributed by atoms with Crippen LogP contribution in [0.15, 0.2) is 42.5 Å². The van der Waals surface area contributed by atoms with Crippen molar-refractivity contribution in [2.24, 2.45) is 0 Å². The van der Waals surface area contributed by atoms with Gasteiger partial charge in [-0.2, -0.15) is 5.10 Å². The van der Waals surface area contributed by atoms with Crippen molar-refractivity contribution in [2.75, 3.05) is 30.4 Å². The summed E-state index contributed by atoms with van der Waals surface area (Å²) < 4.78 is 88.4. The second-order valence-electron chi connectivity index (χ2n) is 6.14. The molecule has 4 aromatic rings. The van der Waals surface area contributed by atoms with Crippen molar-refractivity contribution in [1.29, 1.82) is 0 Å². The highest BCUT2D eigenvalue weighted by Gasteiger charge is 2.23. The molecule has 0 aliphatic carbocycles. The van der Waals surface area contributed by atoms with Crippen LogP contribution in [0.3, 0.4) is 0 Å². The molecule has 0 fully saturated rings. The van der Waals surface area contributed by atoms with Crippen LogP contribution in [0.25, 0.3) is 22.6 Å². The number of hydrogen-bond donors (Lipinski definition) is 2. The number of hydrogen-bond acceptors (Lipinski definition) is 8. The maximum absolute atomic E-state index is 14.4. The monoisotopic (exact) mass is 431 g/mol. The average molecular weight is 431 g/mol. The number of nitrogens with zero attached hydrogens (tertiary/aromatic N) is 6. The fraction of sp³-hybridized carbons (Fsp3) is 0.150. The Kier molecular flexibility index (Phi) is 2.99. The molecule has 0 unspecified atom stereocenters. The summed E-state index contributed by atoms with van der Waals surface area (Å²) in [6.07, 6.45) is -2.37. The first kappa shape index (κ1) is 11.8. The molecule has 0 atom stereocenters. The van der Waals surface area contributed by atoms with Crippen LogP contribution in [-0.2, 0) is 11.3 Å². The number of anilines is 3. The molecule has 4 N–H and O–H groups in total. The van der Waals surface area contributed by atoms with Crippen LogP contribution in [0.1, 0.15) is 17.9 Å². The third-order valence-electron chi connectivity index (χ3n) is 4.25. The highest BCUT2D eigenvalue weighted by atomic mass is 19.1. The SMILES string of the molecule is [2H]c1nc2c(c(-c3nc(N)c(N(C(=O)OC([2H])([2H])[2H])C([2H])([2H])[2H])c(N)n3)nn2Cc2ccccc2F)c([2H])c1[2H]. The average Bonchev–Trinajstić information content (AvgIpc) is 3.17. The highest BCUT2D eigenvalue weighted by molar-refractivity contribution is 5.96. The second-order valence-corrected chi connectivity index (χ2v) is 6.14. The van der Waals surface area contributed by atoms with E-state index in [-0.39, 0.29) is 33.7 Å². The van der Waals surface area contributed by atoms with E-state index in [4.69, 9.17) is 23.8 Å². The Hall–Kier alpha value is -4.28. The van der Waals surface area contributed by atoms with Crippen LogP contribution in [0.5, 0.6) is 0 Å². The van der Waals surface area contributed by atoms with E-state index < -0.39 is 67.3 Å². The molecular weight excluding hydrogens is 403 g/mol. The van der Waals surface area contributed by atoms with E-state index >= 15 is 0 Å². The molecule has 10 nitrogen and oxygen atoms in total. The number of fused-ring (bicyclic) bond motifs is 1. The summed E-state index contributed by atoms with van der Waals surface area (Å²) in [4.78, 5) is 24.3. The van der Waals surface area contributed by atoms with E-state index in [1.54, 1.807) is 6.07 Å². The number of amides is 1. The largest absolute Gasteiger partial charge is 0.452 e. The Morgan fingerprint density at radius 2 is 2.10 bits per heavy atom. The predicted molar refractivity (Wildman–Crippen MR) is 114 cm³/mol. The number of nitrogen functional groups attached to an aromatic ring is 2. The van der Waals surface area contributed by atoms with Crippen LogP contribution in [0.4, 0.5) is 26.5 Å². The molecule has 0 aliphatic rings. The number of pyridine rings is 1. The number of methoxy groups -OCH3 is 1. The summed E-state index contributed by atoms with van der Waals surface area (Å²) in [7, 11) is -3.29. The molecule has 1 amide bonds. The van der Waals surface area contributed by atoms with Crippen molar-refractivity contribution in [3.8, 4) is 11.5 Å². The number of aromatic nitrogens is 5. The van der Waals surface area contributed by atoms with Gasteiger partial charge >= 0.3 is 6.09 Å². The van der Waals surface area contributed by atoms with Crippen LogP contribution in [0, 0.1) is 5.82 Å². The fourth-order valence-corrected chi connectivity index (χ4v) is 2.87. The molecule has 0 bridgehead atoms. The standard InChI is InChI=1S/C20H19FN8O2/c1-28(20(30)31-2)15-16(22)25-18(26-17(15)23)14-12-7-5-9-24-19(12)29(27-14)10-11-6-3-4-8-13(11)21/h3-9H,10H2,1-2H3,(H4,22,23,25,26)/i1D3,2D3,5D,7D,9D. The number of carbonyl (C=O) groups excluding carboxylic acids is 1. The number of nitrogens with two attached hydrogens (primary N) is 2. The number of halogens is 1. The molecule has 11 heteroatoms. The molecule has 0 aliphatic heterocycles. The Bertz CT molecular complexity index is 1620.